The van der Waals surface area contributed by atoms with E-state index in [-0.39, 0.29) is 23.3 Å². The van der Waals surface area contributed by atoms with E-state index in [2.05, 4.69) is 18.5 Å². The Morgan fingerprint density at radius 1 is 0.620 bits per heavy atom. The largest absolute Gasteiger partial charge is 0.423 e. The van der Waals surface area contributed by atoms with E-state index in [0.717, 1.165) is 22.0 Å². The van der Waals surface area contributed by atoms with Crippen LogP contribution in [0.3, 0.4) is 0 Å². The van der Waals surface area contributed by atoms with Crippen LogP contribution in [-0.2, 0) is 6.42 Å². The van der Waals surface area contributed by atoms with Crippen LogP contribution in [0.4, 0.5) is 0 Å². The van der Waals surface area contributed by atoms with Crippen molar-refractivity contribution in [2.75, 3.05) is 0 Å². The minimum atomic E-state index is -0.570. The molecule has 50 heavy (non-hydrogen) atoms. The molecule has 1 aliphatic heterocycles. The van der Waals surface area contributed by atoms with Crippen LogP contribution in [0, 0.1) is 6.92 Å². The van der Waals surface area contributed by atoms with Crippen molar-refractivity contribution in [1.82, 2.24) is 9.88 Å². The summed E-state index contributed by atoms with van der Waals surface area (Å²) < 4.78 is 13.0. The fourth-order valence-electron chi connectivity index (χ4n) is 5.87. The lowest BCUT2D eigenvalue weighted by Crippen LogP contribution is -2.22. The van der Waals surface area contributed by atoms with E-state index < -0.39 is 23.8 Å². The van der Waals surface area contributed by atoms with Crippen LogP contribution < -0.4 is 25.5 Å². The van der Waals surface area contributed by atoms with Crippen molar-refractivity contribution in [2.45, 2.75) is 13.3 Å². The second-order valence-corrected chi connectivity index (χ2v) is 11.9. The van der Waals surface area contributed by atoms with Crippen molar-refractivity contribution in [3.05, 3.63) is 159 Å². The topological polar surface area (TPSA) is 121 Å². The number of fused-ring (bicyclic) bond motifs is 2. The van der Waals surface area contributed by atoms with E-state index in [1.165, 1.54) is 18.2 Å². The van der Waals surface area contributed by atoms with Gasteiger partial charge < -0.3 is 14.0 Å². The van der Waals surface area contributed by atoms with Crippen LogP contribution in [0.15, 0.2) is 109 Å². The van der Waals surface area contributed by atoms with E-state index in [9.17, 15) is 24.0 Å². The molecule has 0 saturated heterocycles. The van der Waals surface area contributed by atoms with Crippen molar-refractivity contribution in [3.8, 4) is 17.2 Å². The van der Waals surface area contributed by atoms with Gasteiger partial charge in [-0.05, 0) is 85.3 Å². The third-order valence-electron chi connectivity index (χ3n) is 8.57. The van der Waals surface area contributed by atoms with Gasteiger partial charge in [0, 0.05) is 39.1 Å². The number of hydrogen-bond acceptors (Lipinski definition) is 7. The fraction of sp³-hybridized carbons (Fsp3) is 0.0488. The molecule has 5 aromatic carbocycles. The Balaban J connectivity index is 1.03. The number of ether oxygens (including phenoxy) is 2. The lowest BCUT2D eigenvalue weighted by atomic mass is 9.99. The molecule has 9 heteroatoms. The van der Waals surface area contributed by atoms with Crippen LogP contribution >= 0.6 is 0 Å². The fourth-order valence-corrected chi connectivity index (χ4v) is 5.87. The van der Waals surface area contributed by atoms with Crippen molar-refractivity contribution in [1.29, 1.82) is 0 Å². The number of nitrogens with zero attached hydrogens (tertiary/aromatic N) is 1. The van der Waals surface area contributed by atoms with Crippen LogP contribution in [0.1, 0.15) is 62.9 Å². The molecule has 2 amide bonds. The standard InChI is InChI=1S/C41H28N2O7/c1-23-4-8-27(9-5-23)40(47)49-32-16-12-30(13-17-32)43-24(2)33-18-11-29(22-35(33)25(43)3)41(48)50-31-14-6-26(7-15-31)20-37(44)28-10-19-34-36(21-28)39(46)42-38(34)45/h4-19,21-22H,2-3,20H2,1H3,(H,42,45,46). The number of esters is 2. The third kappa shape index (κ3) is 5.99. The lowest BCUT2D eigenvalue weighted by molar-refractivity contribution is 0.0725. The summed E-state index contributed by atoms with van der Waals surface area (Å²) in [5.74, 6) is -1.55. The predicted molar refractivity (Wildman–Crippen MR) is 187 cm³/mol. The number of benzene rings is 5. The van der Waals surface area contributed by atoms with Gasteiger partial charge in [0.25, 0.3) is 11.8 Å². The maximum absolute atomic E-state index is 13.1. The average Bonchev–Trinajstić information content (AvgIpc) is 3.55. The Morgan fingerprint density at radius 3 is 1.86 bits per heavy atom. The molecule has 0 radical (unpaired) electrons. The zero-order chi connectivity index (χ0) is 35.1. The van der Waals surface area contributed by atoms with E-state index in [0.29, 0.717) is 44.5 Å². The summed E-state index contributed by atoms with van der Waals surface area (Å²) >= 11 is 0. The van der Waals surface area contributed by atoms with E-state index in [1.54, 1.807) is 78.9 Å². The average molecular weight is 661 g/mol. The molecule has 1 aromatic heterocycles. The number of aromatic nitrogens is 1. The highest BCUT2D eigenvalue weighted by molar-refractivity contribution is 6.22. The van der Waals surface area contributed by atoms with E-state index >= 15 is 0 Å². The summed E-state index contributed by atoms with van der Waals surface area (Å²) in [6.45, 7) is 10.4. The zero-order valence-corrected chi connectivity index (χ0v) is 26.8. The highest BCUT2D eigenvalue weighted by Crippen LogP contribution is 2.22. The molecule has 0 saturated carbocycles. The lowest BCUT2D eigenvalue weighted by Gasteiger charge is -2.08. The molecule has 0 aliphatic carbocycles. The molecular formula is C41H28N2O7. The molecule has 2 heterocycles. The Hall–Kier alpha value is -6.87. The molecule has 6 aromatic rings. The van der Waals surface area contributed by atoms with Crippen molar-refractivity contribution in [2.24, 2.45) is 0 Å². The molecule has 244 valence electrons. The van der Waals surface area contributed by atoms with E-state index in [1.807, 2.05) is 23.6 Å². The number of carbonyl (C=O) groups is 5. The second kappa shape index (κ2) is 12.6. The first kappa shape index (κ1) is 31.7. The normalized spacial score (nSPS) is 12.0. The smallest absolute Gasteiger partial charge is 0.343 e. The van der Waals surface area contributed by atoms with Crippen LogP contribution in [0.25, 0.3) is 29.6 Å². The molecule has 0 fully saturated rings. The van der Waals surface area contributed by atoms with Gasteiger partial charge in [0.1, 0.15) is 11.5 Å². The monoisotopic (exact) mass is 660 g/mol. The first-order chi connectivity index (χ1) is 24.0. The first-order valence-electron chi connectivity index (χ1n) is 15.6. The van der Waals surface area contributed by atoms with Gasteiger partial charge in [0.2, 0.25) is 0 Å². The highest BCUT2D eigenvalue weighted by Gasteiger charge is 2.27. The number of hydrogen-bond donors (Lipinski definition) is 1. The van der Waals surface area contributed by atoms with Gasteiger partial charge in [-0.15, -0.1) is 0 Å². The number of ketones is 1. The van der Waals surface area contributed by atoms with Gasteiger partial charge in [-0.25, -0.2) is 9.59 Å². The molecule has 1 N–H and O–H groups in total. The summed E-state index contributed by atoms with van der Waals surface area (Å²) in [5.41, 5.74) is 4.01. The summed E-state index contributed by atoms with van der Waals surface area (Å²) in [6, 6.07) is 30.3. The van der Waals surface area contributed by atoms with Crippen LogP contribution in [0.2, 0.25) is 0 Å². The highest BCUT2D eigenvalue weighted by atomic mass is 16.5. The molecule has 0 spiro atoms. The van der Waals surface area contributed by atoms with Crippen LogP contribution in [-0.4, -0.2) is 34.1 Å². The zero-order valence-electron chi connectivity index (χ0n) is 26.8. The van der Waals surface area contributed by atoms with Gasteiger partial charge >= 0.3 is 11.9 Å². The number of nitrogens with one attached hydrogen (secondary N) is 1. The summed E-state index contributed by atoms with van der Waals surface area (Å²) in [4.78, 5) is 62.3. The quantitative estimate of drug-likeness (QED) is 0.0990. The van der Waals surface area contributed by atoms with Gasteiger partial charge in [-0.3, -0.25) is 19.7 Å². The second-order valence-electron chi connectivity index (χ2n) is 11.9. The minimum absolute atomic E-state index is 0.0528. The molecule has 0 atom stereocenters. The number of rotatable bonds is 8. The number of carbonyl (C=O) groups excluding carboxylic acids is 5. The number of amides is 2. The Bertz CT molecular complexity index is 2490. The maximum atomic E-state index is 13.1. The Morgan fingerprint density at radius 2 is 1.18 bits per heavy atom. The molecule has 9 nitrogen and oxygen atoms in total. The summed E-state index contributed by atoms with van der Waals surface area (Å²) in [5, 5.41) is 5.05. The van der Waals surface area contributed by atoms with Gasteiger partial charge in [-0.1, -0.05) is 55.1 Å². The van der Waals surface area contributed by atoms with Crippen molar-refractivity contribution >= 4 is 53.5 Å². The van der Waals surface area contributed by atoms with Crippen molar-refractivity contribution < 1.29 is 33.4 Å². The first-order valence-corrected chi connectivity index (χ1v) is 15.6. The van der Waals surface area contributed by atoms with Gasteiger partial charge in [0.05, 0.1) is 22.3 Å². The third-order valence-corrected chi connectivity index (χ3v) is 8.57. The molecule has 0 unspecified atom stereocenters. The number of aryl methyl sites for hydroxylation is 1. The number of imide groups is 1. The van der Waals surface area contributed by atoms with E-state index in [4.69, 9.17) is 9.47 Å². The van der Waals surface area contributed by atoms with Gasteiger partial charge in [0.15, 0.2) is 5.78 Å². The molecule has 0 bridgehead atoms. The molecular weight excluding hydrogens is 632 g/mol. The minimum Gasteiger partial charge on any atom is -0.423 e. The maximum Gasteiger partial charge on any atom is 0.343 e. The SMILES string of the molecule is C=c1c2ccc(C(=O)Oc3ccc(CC(=O)c4ccc5c(c4)C(=O)NC5=O)cc3)cc2c(=C)n1-c1ccc(OC(=O)c2ccc(C)cc2)cc1. The predicted octanol–water partition coefficient (Wildman–Crippen LogP) is 5.51. The Labute approximate surface area is 285 Å². The summed E-state index contributed by atoms with van der Waals surface area (Å²) in [6.07, 6.45) is 0.0528. The molecule has 1 aliphatic rings. The van der Waals surface area contributed by atoms with Crippen molar-refractivity contribution in [3.63, 3.8) is 0 Å². The Kier molecular flexibility index (Phi) is 8.01. The van der Waals surface area contributed by atoms with Crippen LogP contribution in [0.5, 0.6) is 11.5 Å². The van der Waals surface area contributed by atoms with Gasteiger partial charge in [-0.2, -0.15) is 0 Å². The summed E-state index contributed by atoms with van der Waals surface area (Å²) in [7, 11) is 0. The molecule has 7 rings (SSSR count). The number of Topliss-reactive ketones (excluding diaryl/α,β-unsaturated/α-hetero) is 1.